The van der Waals surface area contributed by atoms with Crippen LogP contribution >= 0.6 is 0 Å². The smallest absolute Gasteiger partial charge is 0.407 e. The molecule has 0 bridgehead atoms. The highest BCUT2D eigenvalue weighted by Crippen LogP contribution is 2.47. The van der Waals surface area contributed by atoms with Crippen molar-refractivity contribution in [2.75, 3.05) is 46.1 Å². The first-order chi connectivity index (χ1) is 25.4. The van der Waals surface area contributed by atoms with Gasteiger partial charge in [-0.1, -0.05) is 62.0 Å². The van der Waals surface area contributed by atoms with Crippen molar-refractivity contribution >= 4 is 36.3 Å². The molecule has 16 heteroatoms. The van der Waals surface area contributed by atoms with Crippen LogP contribution in [-0.4, -0.2) is 101 Å². The molecule has 0 aromatic carbocycles. The summed E-state index contributed by atoms with van der Waals surface area (Å²) in [6.07, 6.45) is 0.973. The number of carbonyl (C=O) groups excluding carboxylic acids is 6. The van der Waals surface area contributed by atoms with Crippen LogP contribution in [0.1, 0.15) is 108 Å². The fraction of sp³-hybridized carbons (Fsp3) is 0.795. The molecule has 0 aromatic rings. The largest absolute Gasteiger partial charge is 0.462 e. The van der Waals surface area contributed by atoms with E-state index >= 15 is 0 Å². The molecule has 0 spiro atoms. The van der Waals surface area contributed by atoms with Gasteiger partial charge in [0.05, 0.1) is 5.92 Å². The molecular formula is C39H66N4O12. The number of rotatable bonds is 17. The van der Waals surface area contributed by atoms with E-state index in [9.17, 15) is 28.8 Å². The van der Waals surface area contributed by atoms with Crippen molar-refractivity contribution in [2.45, 2.75) is 126 Å². The number of hydrogen-bond donors (Lipinski definition) is 4. The Kier molecular flexibility index (Phi) is 17.6. The zero-order valence-corrected chi connectivity index (χ0v) is 34.6. The second-order valence-corrected chi connectivity index (χ2v) is 17.8. The predicted octanol–water partition coefficient (Wildman–Crippen LogP) is 5.77. The fourth-order valence-corrected chi connectivity index (χ4v) is 8.07. The summed E-state index contributed by atoms with van der Waals surface area (Å²) >= 11 is 0. The number of alkyl carbamates (subject to hydrolysis) is 4. The lowest BCUT2D eigenvalue weighted by molar-refractivity contribution is -0.148. The van der Waals surface area contributed by atoms with E-state index in [-0.39, 0.29) is 84.2 Å². The number of ether oxygens (including phenoxy) is 6. The summed E-state index contributed by atoms with van der Waals surface area (Å²) in [6.45, 7) is 22.8. The van der Waals surface area contributed by atoms with Gasteiger partial charge in [-0.05, 0) is 74.0 Å². The summed E-state index contributed by atoms with van der Waals surface area (Å²) in [5.74, 6) is -1.17. The summed E-state index contributed by atoms with van der Waals surface area (Å²) in [5.41, 5.74) is -0.723. The number of amides is 4. The molecule has 2 aliphatic carbocycles. The Hall–Kier alpha value is -4.24. The van der Waals surface area contributed by atoms with E-state index in [4.69, 9.17) is 28.4 Å². The van der Waals surface area contributed by atoms with Crippen molar-refractivity contribution in [3.05, 3.63) is 12.2 Å². The van der Waals surface area contributed by atoms with Crippen molar-refractivity contribution in [3.8, 4) is 0 Å². The predicted molar refractivity (Wildman–Crippen MR) is 203 cm³/mol. The first kappa shape index (κ1) is 46.9. The fourth-order valence-electron chi connectivity index (χ4n) is 8.07. The molecule has 4 N–H and O–H groups in total. The highest BCUT2D eigenvalue weighted by molar-refractivity contribution is 5.86. The van der Waals surface area contributed by atoms with Gasteiger partial charge in [-0.2, -0.15) is 0 Å². The summed E-state index contributed by atoms with van der Waals surface area (Å²) in [5, 5.41) is 11.5. The maximum absolute atomic E-state index is 12.7. The lowest BCUT2D eigenvalue weighted by Crippen LogP contribution is -2.51. The lowest BCUT2D eigenvalue weighted by Gasteiger charge is -2.46. The van der Waals surface area contributed by atoms with Gasteiger partial charge >= 0.3 is 36.3 Å². The summed E-state index contributed by atoms with van der Waals surface area (Å²) in [4.78, 5) is 73.4. The molecule has 314 valence electrons. The maximum Gasteiger partial charge on any atom is 0.407 e. The van der Waals surface area contributed by atoms with Gasteiger partial charge in [0.1, 0.15) is 39.1 Å². The minimum atomic E-state index is -0.724. The van der Waals surface area contributed by atoms with E-state index in [1.54, 1.807) is 20.8 Å². The van der Waals surface area contributed by atoms with Gasteiger partial charge in [0.25, 0.3) is 0 Å². The molecular weight excluding hydrogens is 716 g/mol. The van der Waals surface area contributed by atoms with Gasteiger partial charge in [-0.15, -0.1) is 0 Å². The van der Waals surface area contributed by atoms with Crippen LogP contribution in [-0.2, 0) is 38.0 Å². The van der Waals surface area contributed by atoms with E-state index < -0.39 is 36.4 Å². The molecule has 0 heterocycles. The Morgan fingerprint density at radius 2 is 1.05 bits per heavy atom. The molecule has 2 rings (SSSR count). The Morgan fingerprint density at radius 3 is 1.51 bits per heavy atom. The van der Waals surface area contributed by atoms with Crippen molar-refractivity contribution in [1.82, 2.24) is 21.3 Å². The van der Waals surface area contributed by atoms with Crippen LogP contribution in [0.25, 0.3) is 0 Å². The van der Waals surface area contributed by atoms with Crippen molar-refractivity contribution in [1.29, 1.82) is 0 Å². The summed E-state index contributed by atoms with van der Waals surface area (Å²) in [6, 6.07) is -0.399. The third-order valence-corrected chi connectivity index (χ3v) is 9.54. The minimum absolute atomic E-state index is 0.0164. The van der Waals surface area contributed by atoms with Crippen molar-refractivity contribution in [3.63, 3.8) is 0 Å². The highest BCUT2D eigenvalue weighted by atomic mass is 16.6. The molecule has 2 saturated carbocycles. The summed E-state index contributed by atoms with van der Waals surface area (Å²) < 4.78 is 31.2. The van der Waals surface area contributed by atoms with E-state index in [1.165, 1.54) is 6.92 Å². The molecule has 2 fully saturated rings. The molecule has 5 atom stereocenters. The van der Waals surface area contributed by atoms with Crippen LogP contribution < -0.4 is 21.3 Å². The lowest BCUT2D eigenvalue weighted by atomic mass is 9.62. The van der Waals surface area contributed by atoms with Crippen LogP contribution in [0.2, 0.25) is 0 Å². The number of esters is 2. The van der Waals surface area contributed by atoms with E-state index in [0.29, 0.717) is 32.4 Å². The van der Waals surface area contributed by atoms with E-state index in [1.807, 2.05) is 13.8 Å². The van der Waals surface area contributed by atoms with Gasteiger partial charge in [-0.25, -0.2) is 24.0 Å². The highest BCUT2D eigenvalue weighted by Gasteiger charge is 2.43. The molecule has 2 aliphatic rings. The zero-order valence-electron chi connectivity index (χ0n) is 34.6. The van der Waals surface area contributed by atoms with E-state index in [2.05, 4.69) is 55.5 Å². The third-order valence-electron chi connectivity index (χ3n) is 9.54. The van der Waals surface area contributed by atoms with E-state index in [0.717, 1.165) is 19.3 Å². The first-order valence-electron chi connectivity index (χ1n) is 19.1. The molecule has 0 saturated heterocycles. The first-order valence-corrected chi connectivity index (χ1v) is 19.1. The molecule has 0 aliphatic heterocycles. The van der Waals surface area contributed by atoms with Crippen LogP contribution in [0.15, 0.2) is 12.2 Å². The quantitative estimate of drug-likeness (QED) is 0.0601. The molecule has 4 amide bonds. The Balaban J connectivity index is 1.75. The Labute approximate surface area is 326 Å². The van der Waals surface area contributed by atoms with Gasteiger partial charge in [0.2, 0.25) is 0 Å². The van der Waals surface area contributed by atoms with Crippen LogP contribution in [0.4, 0.5) is 19.2 Å². The Morgan fingerprint density at radius 1 is 0.618 bits per heavy atom. The number of carbonyl (C=O) groups is 6. The molecule has 0 aromatic heterocycles. The van der Waals surface area contributed by atoms with Crippen LogP contribution in [0, 0.1) is 27.6 Å². The SMILES string of the molecule is C=C(C)C(=O)OCCOC(=O)NC1CC(C)(C)CC(C)(CNC(=O)OC(C)COC(=O)NCC2(C)CC(NC(=O)OCCOC(=O)C(C)C)CC(C)(C)C2)C1. The second-order valence-electron chi connectivity index (χ2n) is 17.8. The Bertz CT molecular complexity index is 1370. The number of nitrogens with one attached hydrogen (secondary N) is 4. The minimum Gasteiger partial charge on any atom is -0.462 e. The zero-order chi connectivity index (χ0) is 41.6. The van der Waals surface area contributed by atoms with Crippen molar-refractivity contribution < 1.29 is 57.2 Å². The summed E-state index contributed by atoms with van der Waals surface area (Å²) in [7, 11) is 0. The van der Waals surface area contributed by atoms with Gasteiger partial charge in [0, 0.05) is 30.7 Å². The average molecular weight is 783 g/mol. The van der Waals surface area contributed by atoms with Crippen LogP contribution in [0.3, 0.4) is 0 Å². The normalized spacial score (nSPS) is 24.6. The van der Waals surface area contributed by atoms with Crippen molar-refractivity contribution in [2.24, 2.45) is 27.6 Å². The monoisotopic (exact) mass is 782 g/mol. The second kappa shape index (κ2) is 20.6. The van der Waals surface area contributed by atoms with Crippen LogP contribution in [0.5, 0.6) is 0 Å². The molecule has 16 nitrogen and oxygen atoms in total. The topological polar surface area (TPSA) is 206 Å². The molecule has 0 radical (unpaired) electrons. The maximum atomic E-state index is 12.7. The van der Waals surface area contributed by atoms with Gasteiger partial charge < -0.3 is 49.7 Å². The molecule has 5 unspecified atom stereocenters. The third kappa shape index (κ3) is 18.3. The van der Waals surface area contributed by atoms with Gasteiger partial charge in [-0.3, -0.25) is 4.79 Å². The molecule has 55 heavy (non-hydrogen) atoms. The standard InChI is InChI=1S/C39H66N4O12/c1-25(2)30(44)50-12-14-52-34(48)42-28-16-36(6,7)21-38(10,18-28)23-40-32(46)54-20-27(5)55-33(47)41-24-39(11)19-29(17-37(8,9)22-39)43-35(49)53-15-13-51-31(45)26(3)4/h25,27-29H,3,12-24H2,1-2,4-11H3,(H,40,46)(H,41,47)(H,42,48)(H,43,49). The average Bonchev–Trinajstić information content (AvgIpc) is 3.03. The van der Waals surface area contributed by atoms with Gasteiger partial charge in [0.15, 0.2) is 0 Å². The number of hydrogen-bond acceptors (Lipinski definition) is 12.